The van der Waals surface area contributed by atoms with Crippen LogP contribution in [0, 0.1) is 0 Å². The maximum atomic E-state index is 12.1. The van der Waals surface area contributed by atoms with Crippen LogP contribution in [0.2, 0.25) is 0 Å². The lowest BCUT2D eigenvalue weighted by atomic mass is 10.0. The maximum absolute atomic E-state index is 12.1. The van der Waals surface area contributed by atoms with E-state index < -0.39 is 12.0 Å². The number of hydrogen-bond acceptors (Lipinski definition) is 5. The Kier molecular flexibility index (Phi) is 3.93. The number of nitrogens with one attached hydrogen (secondary N) is 2. The molecule has 1 aromatic carbocycles. The molecular weight excluding hydrogens is 260 g/mol. The molecule has 0 saturated heterocycles. The van der Waals surface area contributed by atoms with Gasteiger partial charge < -0.3 is 20.5 Å². The van der Waals surface area contributed by atoms with Gasteiger partial charge in [-0.1, -0.05) is 12.1 Å². The number of phenolic OH excluding ortho intramolecular Hbond substituents is 1. The molecule has 0 aromatic heterocycles. The quantitative estimate of drug-likeness (QED) is 0.715. The van der Waals surface area contributed by atoms with Crippen LogP contribution < -0.4 is 10.6 Å². The van der Waals surface area contributed by atoms with Gasteiger partial charge in [0.25, 0.3) is 5.91 Å². The van der Waals surface area contributed by atoms with Gasteiger partial charge in [0.15, 0.2) is 0 Å². The normalized spacial score (nSPS) is 18.3. The van der Waals surface area contributed by atoms with Crippen LogP contribution in [0.1, 0.15) is 25.5 Å². The minimum Gasteiger partial charge on any atom is -0.508 e. The van der Waals surface area contributed by atoms with Crippen molar-refractivity contribution in [3.8, 4) is 5.75 Å². The molecule has 6 heteroatoms. The average molecular weight is 276 g/mol. The topological polar surface area (TPSA) is 87.7 Å². The number of rotatable bonds is 3. The van der Waals surface area contributed by atoms with Crippen molar-refractivity contribution in [1.29, 1.82) is 0 Å². The van der Waals surface area contributed by atoms with Crippen molar-refractivity contribution in [3.63, 3.8) is 0 Å². The summed E-state index contributed by atoms with van der Waals surface area (Å²) in [5, 5.41) is 14.8. The van der Waals surface area contributed by atoms with Gasteiger partial charge >= 0.3 is 5.97 Å². The van der Waals surface area contributed by atoms with Gasteiger partial charge in [0.2, 0.25) is 0 Å². The summed E-state index contributed by atoms with van der Waals surface area (Å²) in [5.74, 6) is -0.774. The van der Waals surface area contributed by atoms with Crippen molar-refractivity contribution < 1.29 is 19.4 Å². The predicted molar refractivity (Wildman–Crippen MR) is 71.5 cm³/mol. The van der Waals surface area contributed by atoms with E-state index in [4.69, 9.17) is 4.74 Å². The lowest BCUT2D eigenvalue weighted by Crippen LogP contribution is -2.45. The number of benzene rings is 1. The number of carbonyl (C=O) groups is 2. The molecule has 0 fully saturated rings. The standard InChI is InChI=1S/C14H16N2O4/c1-3-20-14(19)11-8(2)15-12(13(18)16-11)9-4-6-10(17)7-5-9/h4-7,12,15,17H,3H2,1-2H3,(H,16,18). The molecule has 0 aliphatic carbocycles. The third kappa shape index (κ3) is 2.74. The molecule has 1 atom stereocenters. The average Bonchev–Trinajstić information content (AvgIpc) is 2.42. The molecule has 1 aliphatic heterocycles. The number of phenols is 1. The Balaban J connectivity index is 2.23. The van der Waals surface area contributed by atoms with Crippen LogP contribution in [-0.4, -0.2) is 23.6 Å². The summed E-state index contributed by atoms with van der Waals surface area (Å²) in [4.78, 5) is 23.7. The third-order valence-corrected chi connectivity index (χ3v) is 2.95. The summed E-state index contributed by atoms with van der Waals surface area (Å²) in [6.45, 7) is 3.64. The Labute approximate surface area is 116 Å². The van der Waals surface area contributed by atoms with E-state index in [1.807, 2.05) is 0 Å². The largest absolute Gasteiger partial charge is 0.508 e. The van der Waals surface area contributed by atoms with Crippen molar-refractivity contribution >= 4 is 11.9 Å². The highest BCUT2D eigenvalue weighted by Gasteiger charge is 2.30. The summed E-state index contributed by atoms with van der Waals surface area (Å²) in [5.41, 5.74) is 1.37. The SMILES string of the molecule is CCOC(=O)C1=C(C)NC(c2ccc(O)cc2)C(=O)N1. The van der Waals surface area contributed by atoms with Gasteiger partial charge in [0.05, 0.1) is 6.61 Å². The molecule has 1 heterocycles. The van der Waals surface area contributed by atoms with Gasteiger partial charge in [-0.05, 0) is 31.5 Å². The zero-order valence-electron chi connectivity index (χ0n) is 11.3. The smallest absolute Gasteiger partial charge is 0.356 e. The van der Waals surface area contributed by atoms with Gasteiger partial charge in [0, 0.05) is 5.70 Å². The van der Waals surface area contributed by atoms with Crippen molar-refractivity contribution in [2.75, 3.05) is 6.61 Å². The first-order chi connectivity index (χ1) is 9.52. The molecule has 106 valence electrons. The monoisotopic (exact) mass is 276 g/mol. The van der Waals surface area contributed by atoms with Crippen LogP contribution in [0.4, 0.5) is 0 Å². The zero-order valence-corrected chi connectivity index (χ0v) is 11.3. The van der Waals surface area contributed by atoms with E-state index in [0.717, 1.165) is 0 Å². The number of carbonyl (C=O) groups excluding carboxylic acids is 2. The van der Waals surface area contributed by atoms with Crippen LogP contribution in [0.3, 0.4) is 0 Å². The van der Waals surface area contributed by atoms with E-state index in [9.17, 15) is 14.7 Å². The second-order valence-electron chi connectivity index (χ2n) is 4.38. The van der Waals surface area contributed by atoms with Crippen molar-refractivity contribution in [2.24, 2.45) is 0 Å². The summed E-state index contributed by atoms with van der Waals surface area (Å²) in [7, 11) is 0. The molecule has 0 saturated carbocycles. The molecule has 2 rings (SSSR count). The van der Waals surface area contributed by atoms with Gasteiger partial charge in [-0.2, -0.15) is 0 Å². The highest BCUT2D eigenvalue weighted by atomic mass is 16.5. The van der Waals surface area contributed by atoms with Crippen molar-refractivity contribution in [2.45, 2.75) is 19.9 Å². The highest BCUT2D eigenvalue weighted by molar-refractivity contribution is 5.97. The van der Waals surface area contributed by atoms with E-state index in [2.05, 4.69) is 10.6 Å². The number of hydrogen-bond donors (Lipinski definition) is 3. The van der Waals surface area contributed by atoms with E-state index in [-0.39, 0.29) is 24.0 Å². The molecule has 1 aliphatic rings. The molecule has 1 unspecified atom stereocenters. The van der Waals surface area contributed by atoms with E-state index >= 15 is 0 Å². The van der Waals surface area contributed by atoms with Crippen LogP contribution in [0.5, 0.6) is 5.75 Å². The summed E-state index contributed by atoms with van der Waals surface area (Å²) in [6.07, 6.45) is 0. The van der Waals surface area contributed by atoms with Gasteiger partial charge in [-0.15, -0.1) is 0 Å². The number of amides is 1. The first kappa shape index (κ1) is 13.9. The number of aromatic hydroxyl groups is 1. The Morgan fingerprint density at radius 1 is 1.35 bits per heavy atom. The first-order valence-corrected chi connectivity index (χ1v) is 6.27. The molecule has 1 aromatic rings. The van der Waals surface area contributed by atoms with Crippen LogP contribution in [-0.2, 0) is 14.3 Å². The molecule has 6 nitrogen and oxygen atoms in total. The van der Waals surface area contributed by atoms with E-state index in [1.165, 1.54) is 12.1 Å². The highest BCUT2D eigenvalue weighted by Crippen LogP contribution is 2.22. The lowest BCUT2D eigenvalue weighted by Gasteiger charge is -2.27. The second kappa shape index (κ2) is 5.64. The van der Waals surface area contributed by atoms with Gasteiger partial charge in [-0.25, -0.2) is 4.79 Å². The van der Waals surface area contributed by atoms with Gasteiger partial charge in [-0.3, -0.25) is 4.79 Å². The van der Waals surface area contributed by atoms with E-state index in [1.54, 1.807) is 26.0 Å². The first-order valence-electron chi connectivity index (χ1n) is 6.27. The minimum absolute atomic E-state index is 0.129. The summed E-state index contributed by atoms with van der Waals surface area (Å²) < 4.78 is 4.87. The Hall–Kier alpha value is -2.50. The molecule has 20 heavy (non-hydrogen) atoms. The maximum Gasteiger partial charge on any atom is 0.356 e. The van der Waals surface area contributed by atoms with E-state index in [0.29, 0.717) is 11.3 Å². The Morgan fingerprint density at radius 3 is 2.60 bits per heavy atom. The van der Waals surface area contributed by atoms with Crippen LogP contribution in [0.15, 0.2) is 35.7 Å². The Bertz CT molecular complexity index is 563. The van der Waals surface area contributed by atoms with Gasteiger partial charge in [0.1, 0.15) is 17.5 Å². The molecule has 0 spiro atoms. The number of allylic oxidation sites excluding steroid dienone is 1. The molecular formula is C14H16N2O4. The number of ether oxygens (including phenoxy) is 1. The lowest BCUT2D eigenvalue weighted by molar-refractivity contribution is -0.140. The zero-order chi connectivity index (χ0) is 14.7. The molecule has 0 bridgehead atoms. The molecule has 0 radical (unpaired) electrons. The fourth-order valence-corrected chi connectivity index (χ4v) is 1.95. The van der Waals surface area contributed by atoms with Crippen LogP contribution >= 0.6 is 0 Å². The minimum atomic E-state index is -0.603. The molecule has 1 amide bonds. The second-order valence-corrected chi connectivity index (χ2v) is 4.38. The summed E-state index contributed by atoms with van der Waals surface area (Å²) in [6, 6.07) is 5.70. The Morgan fingerprint density at radius 2 is 2.00 bits per heavy atom. The van der Waals surface area contributed by atoms with Crippen LogP contribution in [0.25, 0.3) is 0 Å². The van der Waals surface area contributed by atoms with Crippen molar-refractivity contribution in [3.05, 3.63) is 41.2 Å². The predicted octanol–water partition coefficient (Wildman–Crippen LogP) is 0.947. The summed E-state index contributed by atoms with van der Waals surface area (Å²) >= 11 is 0. The molecule has 3 N–H and O–H groups in total. The third-order valence-electron chi connectivity index (χ3n) is 2.95. The van der Waals surface area contributed by atoms with Crippen molar-refractivity contribution in [1.82, 2.24) is 10.6 Å². The fraction of sp³-hybridized carbons (Fsp3) is 0.286. The number of esters is 1. The fourth-order valence-electron chi connectivity index (χ4n) is 1.95.